The van der Waals surface area contributed by atoms with Gasteiger partial charge >= 0.3 is 0 Å². The number of nitrogens with one attached hydrogen (secondary N) is 2. The molecule has 1 aliphatic heterocycles. The van der Waals surface area contributed by atoms with E-state index in [0.29, 0.717) is 5.39 Å². The number of halogens is 1. The third kappa shape index (κ3) is 3.50. The molecule has 0 unspecified atom stereocenters. The van der Waals surface area contributed by atoms with Gasteiger partial charge in [0, 0.05) is 11.6 Å². The van der Waals surface area contributed by atoms with Crippen LogP contribution in [0.3, 0.4) is 0 Å². The minimum absolute atomic E-state index is 0. The minimum atomic E-state index is -0.0547. The summed E-state index contributed by atoms with van der Waals surface area (Å²) in [4.78, 5) is 14.2. The molecule has 1 aliphatic rings. The lowest BCUT2D eigenvalue weighted by Crippen LogP contribution is -2.34. The summed E-state index contributed by atoms with van der Waals surface area (Å²) in [5.74, 6) is 0.847. The van der Waals surface area contributed by atoms with Gasteiger partial charge in [0.25, 0.3) is 5.56 Å². The van der Waals surface area contributed by atoms with Crippen LogP contribution in [0.25, 0.3) is 10.8 Å². The van der Waals surface area contributed by atoms with E-state index in [0.717, 1.165) is 37.1 Å². The molecule has 1 aromatic carbocycles. The molecule has 0 saturated carbocycles. The summed E-state index contributed by atoms with van der Waals surface area (Å²) in [6.45, 7) is 2.02. The Morgan fingerprint density at radius 2 is 1.90 bits per heavy atom. The van der Waals surface area contributed by atoms with Crippen molar-refractivity contribution >= 4 is 23.2 Å². The van der Waals surface area contributed by atoms with E-state index in [1.807, 2.05) is 24.3 Å². The molecule has 0 atom stereocenters. The number of aromatic amines is 1. The largest absolute Gasteiger partial charge is 0.490 e. The smallest absolute Gasteiger partial charge is 0.255 e. The first-order chi connectivity index (χ1) is 8.83. The summed E-state index contributed by atoms with van der Waals surface area (Å²) in [6.07, 6.45) is 4.02. The average Bonchev–Trinajstić information content (AvgIpc) is 2.40. The Hall–Kier alpha value is -1.56. The Balaban J connectivity index is 0.000001000. The maximum absolute atomic E-state index is 11.6. The molecule has 5 nitrogen and oxygen atoms in total. The summed E-state index contributed by atoms with van der Waals surface area (Å²) < 4.78 is 5.95. The van der Waals surface area contributed by atoms with E-state index >= 15 is 0 Å². The zero-order valence-electron chi connectivity index (χ0n) is 11.0. The zero-order valence-corrected chi connectivity index (χ0v) is 11.8. The van der Waals surface area contributed by atoms with Crippen molar-refractivity contribution in [1.82, 2.24) is 10.3 Å². The minimum Gasteiger partial charge on any atom is -0.490 e. The summed E-state index contributed by atoms with van der Waals surface area (Å²) in [7, 11) is 0. The van der Waals surface area contributed by atoms with Crippen molar-refractivity contribution in [3.05, 3.63) is 40.8 Å². The van der Waals surface area contributed by atoms with Crippen molar-refractivity contribution in [3.63, 3.8) is 0 Å². The molecule has 0 amide bonds. The van der Waals surface area contributed by atoms with Crippen LogP contribution in [0.2, 0.25) is 0 Å². The molecular formula is C14H19ClN2O3. The zero-order chi connectivity index (χ0) is 12.4. The topological polar surface area (TPSA) is 85.6 Å². The lowest BCUT2D eigenvalue weighted by atomic mass is 10.1. The molecule has 110 valence electrons. The van der Waals surface area contributed by atoms with Gasteiger partial charge in [0.15, 0.2) is 0 Å². The molecule has 6 heteroatoms. The fraction of sp³-hybridized carbons (Fsp3) is 0.357. The SMILES string of the molecule is Cl.O.O=c1[nH]ccc2cc(OC3CCNCC3)ccc12. The monoisotopic (exact) mass is 298 g/mol. The van der Waals surface area contributed by atoms with Crippen LogP contribution in [0, 0.1) is 0 Å². The first-order valence-electron chi connectivity index (χ1n) is 6.32. The van der Waals surface area contributed by atoms with Crippen molar-refractivity contribution in [2.24, 2.45) is 0 Å². The first kappa shape index (κ1) is 16.5. The molecule has 3 rings (SSSR count). The Labute approximate surface area is 123 Å². The molecule has 20 heavy (non-hydrogen) atoms. The van der Waals surface area contributed by atoms with E-state index in [-0.39, 0.29) is 29.5 Å². The molecule has 1 aromatic heterocycles. The third-order valence-electron chi connectivity index (χ3n) is 3.33. The lowest BCUT2D eigenvalue weighted by molar-refractivity contribution is 0.162. The highest BCUT2D eigenvalue weighted by Gasteiger charge is 2.14. The maximum Gasteiger partial charge on any atom is 0.255 e. The van der Waals surface area contributed by atoms with Crippen molar-refractivity contribution < 1.29 is 10.2 Å². The Morgan fingerprint density at radius 3 is 2.65 bits per heavy atom. The van der Waals surface area contributed by atoms with Gasteiger partial charge < -0.3 is 20.5 Å². The number of benzene rings is 1. The van der Waals surface area contributed by atoms with E-state index in [1.54, 1.807) is 6.20 Å². The van der Waals surface area contributed by atoms with E-state index in [9.17, 15) is 4.79 Å². The summed E-state index contributed by atoms with van der Waals surface area (Å²) in [5.41, 5.74) is -0.0547. The quantitative estimate of drug-likeness (QED) is 0.875. The van der Waals surface area contributed by atoms with Gasteiger partial charge in [0.2, 0.25) is 0 Å². The van der Waals surface area contributed by atoms with E-state index in [2.05, 4.69) is 10.3 Å². The number of piperidine rings is 1. The average molecular weight is 299 g/mol. The van der Waals surface area contributed by atoms with Crippen LogP contribution in [0.4, 0.5) is 0 Å². The number of pyridine rings is 1. The highest BCUT2D eigenvalue weighted by atomic mass is 35.5. The number of aromatic nitrogens is 1. The Morgan fingerprint density at radius 1 is 1.15 bits per heavy atom. The van der Waals surface area contributed by atoms with Gasteiger partial charge in [-0.3, -0.25) is 4.79 Å². The van der Waals surface area contributed by atoms with Gasteiger partial charge in [0.05, 0.1) is 0 Å². The van der Waals surface area contributed by atoms with Gasteiger partial charge in [-0.15, -0.1) is 12.4 Å². The third-order valence-corrected chi connectivity index (χ3v) is 3.33. The van der Waals surface area contributed by atoms with Crippen molar-refractivity contribution in [2.75, 3.05) is 13.1 Å². The second-order valence-electron chi connectivity index (χ2n) is 4.62. The molecule has 4 N–H and O–H groups in total. The molecule has 1 fully saturated rings. The molecule has 2 heterocycles. The normalized spacial score (nSPS) is 15.2. The molecule has 0 spiro atoms. The second-order valence-corrected chi connectivity index (χ2v) is 4.62. The van der Waals surface area contributed by atoms with Gasteiger partial charge in [-0.2, -0.15) is 0 Å². The molecule has 0 aliphatic carbocycles. The number of ether oxygens (including phenoxy) is 1. The predicted molar refractivity (Wildman–Crippen MR) is 82.0 cm³/mol. The van der Waals surface area contributed by atoms with Gasteiger partial charge in [-0.1, -0.05) is 0 Å². The molecular weight excluding hydrogens is 280 g/mol. The molecule has 1 saturated heterocycles. The predicted octanol–water partition coefficient (Wildman–Crippen LogP) is 1.26. The van der Waals surface area contributed by atoms with E-state index < -0.39 is 0 Å². The van der Waals surface area contributed by atoms with Crippen LogP contribution in [0.5, 0.6) is 5.75 Å². The van der Waals surface area contributed by atoms with Gasteiger partial charge in [-0.25, -0.2) is 0 Å². The summed E-state index contributed by atoms with van der Waals surface area (Å²) >= 11 is 0. The van der Waals surface area contributed by atoms with Crippen molar-refractivity contribution in [2.45, 2.75) is 18.9 Å². The maximum atomic E-state index is 11.6. The highest BCUT2D eigenvalue weighted by Crippen LogP contribution is 2.21. The van der Waals surface area contributed by atoms with Crippen LogP contribution in [-0.4, -0.2) is 29.7 Å². The number of rotatable bonds is 2. The molecule has 0 radical (unpaired) electrons. The lowest BCUT2D eigenvalue weighted by Gasteiger charge is -2.23. The van der Waals surface area contributed by atoms with Crippen molar-refractivity contribution in [3.8, 4) is 5.75 Å². The Kier molecular flexibility index (Phi) is 6.01. The second kappa shape index (κ2) is 7.28. The fourth-order valence-electron chi connectivity index (χ4n) is 2.35. The van der Waals surface area contributed by atoms with Gasteiger partial charge in [-0.05, 0) is 55.6 Å². The van der Waals surface area contributed by atoms with E-state index in [4.69, 9.17) is 4.74 Å². The Bertz CT molecular complexity index is 609. The van der Waals surface area contributed by atoms with E-state index in [1.165, 1.54) is 0 Å². The van der Waals surface area contributed by atoms with Gasteiger partial charge in [0.1, 0.15) is 11.9 Å². The highest BCUT2D eigenvalue weighted by molar-refractivity contribution is 5.85. The standard InChI is InChI=1S/C14H16N2O2.ClH.H2O/c17-14-13-2-1-12(9-10(13)3-8-16-14)18-11-4-6-15-7-5-11;;/h1-3,8-9,11,15H,4-7H2,(H,16,17);1H;1H2. The first-order valence-corrected chi connectivity index (χ1v) is 6.32. The van der Waals surface area contributed by atoms with Crippen LogP contribution in [-0.2, 0) is 0 Å². The number of hydrogen-bond acceptors (Lipinski definition) is 3. The number of hydrogen-bond donors (Lipinski definition) is 2. The summed E-state index contributed by atoms with van der Waals surface area (Å²) in [5, 5.41) is 4.94. The van der Waals surface area contributed by atoms with Crippen LogP contribution in [0.1, 0.15) is 12.8 Å². The van der Waals surface area contributed by atoms with Crippen LogP contribution in [0.15, 0.2) is 35.3 Å². The van der Waals surface area contributed by atoms with Crippen molar-refractivity contribution in [1.29, 1.82) is 0 Å². The fourth-order valence-corrected chi connectivity index (χ4v) is 2.35. The van der Waals surface area contributed by atoms with Crippen LogP contribution >= 0.6 is 12.4 Å². The summed E-state index contributed by atoms with van der Waals surface area (Å²) in [6, 6.07) is 7.53. The molecule has 2 aromatic rings. The number of fused-ring (bicyclic) bond motifs is 1. The van der Waals surface area contributed by atoms with Crippen LogP contribution < -0.4 is 15.6 Å². The molecule has 0 bridgehead atoms. The number of H-pyrrole nitrogens is 1.